The van der Waals surface area contributed by atoms with Gasteiger partial charge < -0.3 is 19.9 Å². The molecular weight excluding hydrogens is 336 g/mol. The largest absolute Gasteiger partial charge is 0.493 e. The summed E-state index contributed by atoms with van der Waals surface area (Å²) in [5, 5.41) is 0. The maximum absolute atomic E-state index is 6.03. The number of nitrogens with zero attached hydrogens (tertiary/aromatic N) is 1. The summed E-state index contributed by atoms with van der Waals surface area (Å²) in [6, 6.07) is 4.07. The molecule has 1 fully saturated rings. The van der Waals surface area contributed by atoms with Crippen molar-refractivity contribution in [1.29, 1.82) is 0 Å². The molecule has 1 aromatic rings. The SMILES string of the molecule is COc1cc(Br)c(C(CN)N2CCC(OC)C2)cc1OC. The molecule has 6 heteroatoms. The molecule has 0 spiro atoms. The second kappa shape index (κ2) is 7.45. The fraction of sp³-hybridized carbons (Fsp3) is 0.600. The topological polar surface area (TPSA) is 57.0 Å². The zero-order chi connectivity index (χ0) is 15.4. The van der Waals surface area contributed by atoms with Crippen LogP contribution in [0, 0.1) is 0 Å². The summed E-state index contributed by atoms with van der Waals surface area (Å²) in [5.74, 6) is 1.43. The molecule has 0 aliphatic carbocycles. The van der Waals surface area contributed by atoms with Crippen LogP contribution in [0.3, 0.4) is 0 Å². The number of hydrogen-bond donors (Lipinski definition) is 1. The van der Waals surface area contributed by atoms with Gasteiger partial charge >= 0.3 is 0 Å². The summed E-state index contributed by atoms with van der Waals surface area (Å²) < 4.78 is 17.2. The van der Waals surface area contributed by atoms with Crippen molar-refractivity contribution in [1.82, 2.24) is 4.90 Å². The second-order valence-corrected chi connectivity index (χ2v) is 5.98. The number of likely N-dealkylation sites (tertiary alicyclic amines) is 1. The highest BCUT2D eigenvalue weighted by Crippen LogP contribution is 2.38. The number of ether oxygens (including phenoxy) is 3. The molecule has 1 aliphatic rings. The minimum atomic E-state index is 0.138. The van der Waals surface area contributed by atoms with Crippen molar-refractivity contribution >= 4 is 15.9 Å². The van der Waals surface area contributed by atoms with Gasteiger partial charge in [0.05, 0.1) is 20.3 Å². The molecule has 0 radical (unpaired) electrons. The Hall–Kier alpha value is -0.820. The summed E-state index contributed by atoms with van der Waals surface area (Å²) >= 11 is 3.62. The van der Waals surface area contributed by atoms with Crippen molar-refractivity contribution in [3.63, 3.8) is 0 Å². The minimum Gasteiger partial charge on any atom is -0.493 e. The standard InChI is InChI=1S/C15H23BrN2O3/c1-19-10-4-5-18(9-10)13(8-17)11-6-14(20-2)15(21-3)7-12(11)16/h6-7,10,13H,4-5,8-9,17H2,1-3H3. The molecular formula is C15H23BrN2O3. The van der Waals surface area contributed by atoms with E-state index in [9.17, 15) is 0 Å². The number of methoxy groups -OCH3 is 3. The smallest absolute Gasteiger partial charge is 0.161 e. The summed E-state index contributed by atoms with van der Waals surface area (Å²) in [5.41, 5.74) is 7.14. The summed E-state index contributed by atoms with van der Waals surface area (Å²) in [4.78, 5) is 2.36. The Morgan fingerprint density at radius 3 is 2.48 bits per heavy atom. The lowest BCUT2D eigenvalue weighted by molar-refractivity contribution is 0.101. The van der Waals surface area contributed by atoms with Gasteiger partial charge in [0.15, 0.2) is 11.5 Å². The predicted molar refractivity (Wildman–Crippen MR) is 86.0 cm³/mol. The maximum Gasteiger partial charge on any atom is 0.161 e. The van der Waals surface area contributed by atoms with Gasteiger partial charge in [-0.1, -0.05) is 15.9 Å². The van der Waals surface area contributed by atoms with E-state index in [-0.39, 0.29) is 12.1 Å². The van der Waals surface area contributed by atoms with Crippen LogP contribution >= 0.6 is 15.9 Å². The van der Waals surface area contributed by atoms with Crippen LogP contribution in [0.1, 0.15) is 18.0 Å². The second-order valence-electron chi connectivity index (χ2n) is 5.12. The Balaban J connectivity index is 2.29. The predicted octanol–water partition coefficient (Wildman–Crippen LogP) is 2.19. The van der Waals surface area contributed by atoms with Crippen molar-refractivity contribution in [2.45, 2.75) is 18.6 Å². The van der Waals surface area contributed by atoms with Crippen LogP contribution in [0.5, 0.6) is 11.5 Å². The van der Waals surface area contributed by atoms with E-state index >= 15 is 0 Å². The van der Waals surface area contributed by atoms with Gasteiger partial charge in [0.25, 0.3) is 0 Å². The van der Waals surface area contributed by atoms with Crippen LogP contribution in [0.2, 0.25) is 0 Å². The average molecular weight is 359 g/mol. The van der Waals surface area contributed by atoms with Gasteiger partial charge in [-0.25, -0.2) is 0 Å². The van der Waals surface area contributed by atoms with Gasteiger partial charge in [0, 0.05) is 37.3 Å². The van der Waals surface area contributed by atoms with Crippen LogP contribution in [0.4, 0.5) is 0 Å². The van der Waals surface area contributed by atoms with Gasteiger partial charge in [-0.05, 0) is 24.1 Å². The molecule has 1 heterocycles. The maximum atomic E-state index is 6.03. The van der Waals surface area contributed by atoms with Gasteiger partial charge in [-0.2, -0.15) is 0 Å². The molecule has 0 aromatic heterocycles. The number of nitrogens with two attached hydrogens (primary N) is 1. The van der Waals surface area contributed by atoms with Gasteiger partial charge in [-0.15, -0.1) is 0 Å². The van der Waals surface area contributed by atoms with Gasteiger partial charge in [-0.3, -0.25) is 4.90 Å². The van der Waals surface area contributed by atoms with Gasteiger partial charge in [0.2, 0.25) is 0 Å². The van der Waals surface area contributed by atoms with Gasteiger partial charge in [0.1, 0.15) is 0 Å². The van der Waals surface area contributed by atoms with Crippen molar-refractivity contribution in [2.75, 3.05) is 41.0 Å². The zero-order valence-corrected chi connectivity index (χ0v) is 14.4. The third-order valence-electron chi connectivity index (χ3n) is 4.04. The third-order valence-corrected chi connectivity index (χ3v) is 4.72. The summed E-state index contributed by atoms with van der Waals surface area (Å²) in [6.45, 7) is 2.44. The Morgan fingerprint density at radius 2 is 1.95 bits per heavy atom. The molecule has 0 bridgehead atoms. The first-order valence-corrected chi connectivity index (χ1v) is 7.82. The van der Waals surface area contributed by atoms with E-state index in [4.69, 9.17) is 19.9 Å². The zero-order valence-electron chi connectivity index (χ0n) is 12.8. The van der Waals surface area contributed by atoms with Crippen LogP contribution in [0.25, 0.3) is 0 Å². The van der Waals surface area contributed by atoms with Crippen molar-refractivity contribution in [3.05, 3.63) is 22.2 Å². The van der Waals surface area contributed by atoms with Crippen molar-refractivity contribution in [2.24, 2.45) is 5.73 Å². The highest BCUT2D eigenvalue weighted by molar-refractivity contribution is 9.10. The average Bonchev–Trinajstić information content (AvgIpc) is 2.98. The molecule has 0 saturated carbocycles. The van der Waals surface area contributed by atoms with E-state index in [2.05, 4.69) is 20.8 Å². The highest BCUT2D eigenvalue weighted by Gasteiger charge is 2.30. The van der Waals surface area contributed by atoms with Crippen LogP contribution < -0.4 is 15.2 Å². The van der Waals surface area contributed by atoms with Crippen molar-refractivity contribution < 1.29 is 14.2 Å². The molecule has 118 valence electrons. The van der Waals surface area contributed by atoms with Crippen LogP contribution in [-0.4, -0.2) is 52.0 Å². The first-order valence-electron chi connectivity index (χ1n) is 7.02. The molecule has 2 atom stereocenters. The number of rotatable bonds is 6. The molecule has 1 saturated heterocycles. The Bertz CT molecular complexity index is 484. The van der Waals surface area contributed by atoms with E-state index in [1.807, 2.05) is 12.1 Å². The highest BCUT2D eigenvalue weighted by atomic mass is 79.9. The molecule has 5 nitrogen and oxygen atoms in total. The van der Waals surface area contributed by atoms with E-state index in [1.165, 1.54) is 0 Å². The lowest BCUT2D eigenvalue weighted by Crippen LogP contribution is -2.33. The normalized spacial score (nSPS) is 20.5. The van der Waals surface area contributed by atoms with E-state index in [0.29, 0.717) is 12.3 Å². The Kier molecular flexibility index (Phi) is 5.87. The number of benzene rings is 1. The summed E-state index contributed by atoms with van der Waals surface area (Å²) in [6.07, 6.45) is 1.33. The fourth-order valence-corrected chi connectivity index (χ4v) is 3.41. The third kappa shape index (κ3) is 3.51. The molecule has 21 heavy (non-hydrogen) atoms. The van der Waals surface area contributed by atoms with E-state index in [0.717, 1.165) is 35.3 Å². The fourth-order valence-electron chi connectivity index (χ4n) is 2.83. The molecule has 2 unspecified atom stereocenters. The summed E-state index contributed by atoms with van der Waals surface area (Å²) in [7, 11) is 5.04. The minimum absolute atomic E-state index is 0.138. The van der Waals surface area contributed by atoms with Crippen molar-refractivity contribution in [3.8, 4) is 11.5 Å². The molecule has 1 aromatic carbocycles. The molecule has 2 rings (SSSR count). The number of halogens is 1. The number of hydrogen-bond acceptors (Lipinski definition) is 5. The van der Waals surface area contributed by atoms with E-state index in [1.54, 1.807) is 21.3 Å². The molecule has 2 N–H and O–H groups in total. The monoisotopic (exact) mass is 358 g/mol. The quantitative estimate of drug-likeness (QED) is 0.844. The van der Waals surface area contributed by atoms with E-state index < -0.39 is 0 Å². The Morgan fingerprint density at radius 1 is 1.29 bits per heavy atom. The first kappa shape index (κ1) is 16.5. The van der Waals surface area contributed by atoms with Crippen LogP contribution in [-0.2, 0) is 4.74 Å². The lowest BCUT2D eigenvalue weighted by atomic mass is 10.0. The lowest BCUT2D eigenvalue weighted by Gasteiger charge is -2.28. The Labute approximate surface area is 134 Å². The first-order chi connectivity index (χ1) is 10.1. The molecule has 1 aliphatic heterocycles. The van der Waals surface area contributed by atoms with Crippen LogP contribution in [0.15, 0.2) is 16.6 Å². The molecule has 0 amide bonds.